The Bertz CT molecular complexity index is 670. The number of benzene rings is 1. The first kappa shape index (κ1) is 18.9. The van der Waals surface area contributed by atoms with Crippen LogP contribution < -0.4 is 4.74 Å². The molecule has 0 fully saturated rings. The molecule has 0 spiro atoms. The first-order valence-corrected chi connectivity index (χ1v) is 8.11. The fourth-order valence-corrected chi connectivity index (χ4v) is 3.09. The van der Waals surface area contributed by atoms with Crippen molar-refractivity contribution in [1.82, 2.24) is 0 Å². The third-order valence-electron chi connectivity index (χ3n) is 4.69. The zero-order valence-corrected chi connectivity index (χ0v) is 14.2. The molecule has 0 saturated heterocycles. The van der Waals surface area contributed by atoms with Gasteiger partial charge in [-0.25, -0.2) is 0 Å². The molecule has 1 aliphatic rings. The van der Waals surface area contributed by atoms with Crippen LogP contribution >= 0.6 is 0 Å². The molecule has 3 atom stereocenters. The van der Waals surface area contributed by atoms with Crippen molar-refractivity contribution in [2.75, 3.05) is 0 Å². The van der Waals surface area contributed by atoms with Gasteiger partial charge in [0.15, 0.2) is 12.6 Å². The Balaban J connectivity index is 2.26. The summed E-state index contributed by atoms with van der Waals surface area (Å²) in [6.45, 7) is 3.88. The highest BCUT2D eigenvalue weighted by atomic mass is 16.5. The monoisotopic (exact) mass is 350 g/mol. The standard InChI is InChI=1S/C18H22O7/c1-11(24-10-21)4-3-5-18(2)16(23)7-13-15(22)6-12(8-19)14(9-20)17(13)25-18/h6,8-11,16,22-23H,3-5,7H2,1-2H3. The summed E-state index contributed by atoms with van der Waals surface area (Å²) in [6, 6.07) is 1.20. The second-order valence-electron chi connectivity index (χ2n) is 6.51. The van der Waals surface area contributed by atoms with E-state index < -0.39 is 11.7 Å². The van der Waals surface area contributed by atoms with Crippen molar-refractivity contribution >= 4 is 19.0 Å². The number of phenols is 1. The molecular weight excluding hydrogens is 328 g/mol. The maximum Gasteiger partial charge on any atom is 0.293 e. The zero-order valence-electron chi connectivity index (χ0n) is 14.2. The van der Waals surface area contributed by atoms with Crippen LogP contribution in [0.15, 0.2) is 6.07 Å². The molecule has 0 radical (unpaired) electrons. The van der Waals surface area contributed by atoms with Gasteiger partial charge in [-0.05, 0) is 39.2 Å². The Kier molecular flexibility index (Phi) is 5.79. The molecule has 1 aromatic rings. The van der Waals surface area contributed by atoms with E-state index in [1.165, 1.54) is 6.07 Å². The molecule has 25 heavy (non-hydrogen) atoms. The lowest BCUT2D eigenvalue weighted by Gasteiger charge is -2.41. The van der Waals surface area contributed by atoms with Gasteiger partial charge in [-0.15, -0.1) is 0 Å². The molecule has 0 aliphatic carbocycles. The van der Waals surface area contributed by atoms with Gasteiger partial charge in [-0.1, -0.05) is 0 Å². The van der Waals surface area contributed by atoms with Crippen LogP contribution in [0.25, 0.3) is 0 Å². The molecule has 2 N–H and O–H groups in total. The Morgan fingerprint density at radius 1 is 1.40 bits per heavy atom. The number of aldehydes is 2. The number of fused-ring (bicyclic) bond motifs is 1. The van der Waals surface area contributed by atoms with Gasteiger partial charge < -0.3 is 19.7 Å². The topological polar surface area (TPSA) is 110 Å². The molecule has 136 valence electrons. The summed E-state index contributed by atoms with van der Waals surface area (Å²) in [5.74, 6) is -0.0427. The fraction of sp³-hybridized carbons (Fsp3) is 0.500. The SMILES string of the molecule is CC(CCCC1(C)Oc2c(C=O)c(C=O)cc(O)c2CC1O)OC=O. The molecule has 0 aromatic heterocycles. The largest absolute Gasteiger partial charge is 0.508 e. The molecule has 0 bridgehead atoms. The quantitative estimate of drug-likeness (QED) is 0.688. The van der Waals surface area contributed by atoms with E-state index >= 15 is 0 Å². The normalized spacial score (nSPS) is 23.1. The predicted molar refractivity (Wildman–Crippen MR) is 88.1 cm³/mol. The number of carbonyl (C=O) groups is 3. The van der Waals surface area contributed by atoms with Gasteiger partial charge in [0.05, 0.1) is 17.8 Å². The number of phenolic OH excluding ortho intramolecular Hbond substituents is 1. The van der Waals surface area contributed by atoms with Crippen molar-refractivity contribution in [3.05, 3.63) is 22.8 Å². The van der Waals surface area contributed by atoms with Gasteiger partial charge in [0.1, 0.15) is 17.1 Å². The summed E-state index contributed by atoms with van der Waals surface area (Å²) in [5, 5.41) is 20.5. The number of hydrogen-bond acceptors (Lipinski definition) is 7. The van der Waals surface area contributed by atoms with Gasteiger partial charge in [0.2, 0.25) is 0 Å². The Morgan fingerprint density at radius 3 is 2.72 bits per heavy atom. The summed E-state index contributed by atoms with van der Waals surface area (Å²) in [6.07, 6.45) is 1.63. The Hall–Kier alpha value is -2.41. The van der Waals surface area contributed by atoms with Crippen LogP contribution in [0.2, 0.25) is 0 Å². The maximum atomic E-state index is 11.4. The first-order valence-electron chi connectivity index (χ1n) is 8.11. The van der Waals surface area contributed by atoms with Crippen molar-refractivity contribution in [2.45, 2.75) is 57.3 Å². The molecule has 0 amide bonds. The summed E-state index contributed by atoms with van der Waals surface area (Å²) >= 11 is 0. The number of carbonyl (C=O) groups excluding carboxylic acids is 3. The van der Waals surface area contributed by atoms with Gasteiger partial charge in [0.25, 0.3) is 6.47 Å². The van der Waals surface area contributed by atoms with Crippen molar-refractivity contribution in [3.8, 4) is 11.5 Å². The van der Waals surface area contributed by atoms with Gasteiger partial charge in [0, 0.05) is 17.5 Å². The minimum atomic E-state index is -0.987. The number of aliphatic hydroxyl groups excluding tert-OH is 1. The molecule has 1 heterocycles. The van der Waals surface area contributed by atoms with E-state index in [-0.39, 0.29) is 35.2 Å². The third kappa shape index (κ3) is 3.82. The lowest BCUT2D eigenvalue weighted by atomic mass is 9.83. The van der Waals surface area contributed by atoms with Crippen LogP contribution in [0.1, 0.15) is 59.4 Å². The number of hydrogen-bond donors (Lipinski definition) is 2. The highest BCUT2D eigenvalue weighted by Crippen LogP contribution is 2.43. The number of rotatable bonds is 8. The minimum absolute atomic E-state index is 0.0398. The van der Waals surface area contributed by atoms with Gasteiger partial charge in [-0.3, -0.25) is 14.4 Å². The van der Waals surface area contributed by atoms with Crippen molar-refractivity contribution in [3.63, 3.8) is 0 Å². The molecule has 1 aromatic carbocycles. The first-order chi connectivity index (χ1) is 11.9. The second kappa shape index (κ2) is 7.65. The highest BCUT2D eigenvalue weighted by Gasteiger charge is 2.42. The predicted octanol–water partition coefficient (Wildman–Crippen LogP) is 1.80. The molecule has 3 unspecified atom stereocenters. The van der Waals surface area contributed by atoms with Crippen molar-refractivity contribution in [2.24, 2.45) is 0 Å². The lowest BCUT2D eigenvalue weighted by Crippen LogP contribution is -2.49. The molecular formula is C18H22O7. The molecule has 2 rings (SSSR count). The van der Waals surface area contributed by atoms with E-state index in [4.69, 9.17) is 9.47 Å². The summed E-state index contributed by atoms with van der Waals surface area (Å²) in [7, 11) is 0. The van der Waals surface area contributed by atoms with Crippen LogP contribution in [0.5, 0.6) is 11.5 Å². The van der Waals surface area contributed by atoms with E-state index in [0.717, 1.165) is 0 Å². The number of ether oxygens (including phenoxy) is 2. The number of aliphatic hydroxyl groups is 1. The average molecular weight is 350 g/mol. The molecule has 7 nitrogen and oxygen atoms in total. The highest BCUT2D eigenvalue weighted by molar-refractivity contribution is 5.94. The van der Waals surface area contributed by atoms with Gasteiger partial charge >= 0.3 is 0 Å². The van der Waals surface area contributed by atoms with E-state index in [2.05, 4.69) is 0 Å². The van der Waals surface area contributed by atoms with Crippen molar-refractivity contribution < 1.29 is 34.1 Å². The van der Waals surface area contributed by atoms with E-state index in [1.807, 2.05) is 0 Å². The molecule has 7 heteroatoms. The average Bonchev–Trinajstić information content (AvgIpc) is 2.56. The summed E-state index contributed by atoms with van der Waals surface area (Å²) < 4.78 is 10.7. The molecule has 1 aliphatic heterocycles. The molecule has 0 saturated carbocycles. The lowest BCUT2D eigenvalue weighted by molar-refractivity contribution is -0.133. The smallest absolute Gasteiger partial charge is 0.293 e. The zero-order chi connectivity index (χ0) is 18.6. The fourth-order valence-electron chi connectivity index (χ4n) is 3.09. The third-order valence-corrected chi connectivity index (χ3v) is 4.69. The van der Waals surface area contributed by atoms with Crippen LogP contribution in [0, 0.1) is 0 Å². The van der Waals surface area contributed by atoms with Gasteiger partial charge in [-0.2, -0.15) is 0 Å². The maximum absolute atomic E-state index is 11.4. The Morgan fingerprint density at radius 2 is 2.12 bits per heavy atom. The van der Waals surface area contributed by atoms with E-state index in [1.54, 1.807) is 13.8 Å². The van der Waals surface area contributed by atoms with Crippen LogP contribution in [-0.4, -0.2) is 47.1 Å². The minimum Gasteiger partial charge on any atom is -0.508 e. The van der Waals surface area contributed by atoms with Crippen LogP contribution in [0.4, 0.5) is 0 Å². The Labute approximate surface area is 145 Å². The number of aromatic hydroxyl groups is 1. The van der Waals surface area contributed by atoms with Crippen LogP contribution in [0.3, 0.4) is 0 Å². The van der Waals surface area contributed by atoms with Crippen molar-refractivity contribution in [1.29, 1.82) is 0 Å². The van der Waals surface area contributed by atoms with E-state index in [9.17, 15) is 24.6 Å². The summed E-state index contributed by atoms with van der Waals surface area (Å²) in [5.41, 5.74) is -0.563. The summed E-state index contributed by atoms with van der Waals surface area (Å²) in [4.78, 5) is 32.9. The second-order valence-corrected chi connectivity index (χ2v) is 6.51. The van der Waals surface area contributed by atoms with E-state index in [0.29, 0.717) is 43.9 Å². The van der Waals surface area contributed by atoms with Crippen LogP contribution in [-0.2, 0) is 16.0 Å².